The number of carbonyl (C=O) groups excluding carboxylic acids is 1. The molecule has 1 atom stereocenters. The van der Waals surface area contributed by atoms with Gasteiger partial charge < -0.3 is 18.9 Å². The van der Waals surface area contributed by atoms with E-state index in [0.29, 0.717) is 23.9 Å². The lowest BCUT2D eigenvalue weighted by Crippen LogP contribution is -2.39. The molecule has 0 spiro atoms. The summed E-state index contributed by atoms with van der Waals surface area (Å²) < 4.78 is 16.3. The van der Waals surface area contributed by atoms with Gasteiger partial charge in [0, 0.05) is 12.6 Å². The highest BCUT2D eigenvalue weighted by molar-refractivity contribution is 5.81. The Morgan fingerprint density at radius 2 is 1.76 bits per heavy atom. The molecule has 7 heteroatoms. The van der Waals surface area contributed by atoms with Crippen molar-refractivity contribution in [2.24, 2.45) is 0 Å². The zero-order chi connectivity index (χ0) is 20.8. The van der Waals surface area contributed by atoms with E-state index in [1.165, 1.54) is 4.90 Å². The molecule has 3 aromatic rings. The van der Waals surface area contributed by atoms with Crippen LogP contribution < -0.4 is 9.47 Å². The number of carbonyl (C=O) groups is 1. The fourth-order valence-electron chi connectivity index (χ4n) is 2.79. The molecule has 1 heterocycles. The van der Waals surface area contributed by atoms with Crippen molar-refractivity contribution >= 4 is 5.91 Å². The third-order valence-corrected chi connectivity index (χ3v) is 4.51. The molecular weight excluding hydrogens is 370 g/mol. The lowest BCUT2D eigenvalue weighted by Gasteiger charge is -2.22. The lowest BCUT2D eigenvalue weighted by molar-refractivity contribution is -0.138. The van der Waals surface area contributed by atoms with E-state index in [4.69, 9.17) is 14.0 Å². The van der Waals surface area contributed by atoms with E-state index in [1.54, 1.807) is 38.4 Å². The van der Waals surface area contributed by atoms with E-state index in [-0.39, 0.29) is 12.5 Å². The summed E-state index contributed by atoms with van der Waals surface area (Å²) in [5, 5.41) is 4.01. The minimum absolute atomic E-state index is 0.154. The number of benzene rings is 2. The molecule has 1 unspecified atom stereocenters. The number of amides is 1. The second-order valence-corrected chi connectivity index (χ2v) is 6.76. The molecule has 29 heavy (non-hydrogen) atoms. The van der Waals surface area contributed by atoms with Gasteiger partial charge >= 0.3 is 0 Å². The summed E-state index contributed by atoms with van der Waals surface area (Å²) in [4.78, 5) is 18.7. The summed E-state index contributed by atoms with van der Waals surface area (Å²) in [7, 11) is 3.29. The average Bonchev–Trinajstić information content (AvgIpc) is 3.20. The number of likely N-dealkylation sites (N-methyl/N-ethyl adjacent to an activating group) is 1. The molecular formula is C22H25N3O4. The van der Waals surface area contributed by atoms with Crippen LogP contribution in [0.4, 0.5) is 0 Å². The maximum absolute atomic E-state index is 12.8. The molecule has 3 rings (SSSR count). The van der Waals surface area contributed by atoms with Crippen LogP contribution in [0.3, 0.4) is 0 Å². The molecule has 7 nitrogen and oxygen atoms in total. The summed E-state index contributed by atoms with van der Waals surface area (Å²) >= 11 is 0. The van der Waals surface area contributed by atoms with Crippen LogP contribution in [-0.4, -0.2) is 41.2 Å². The van der Waals surface area contributed by atoms with Crippen molar-refractivity contribution in [3.63, 3.8) is 0 Å². The molecule has 1 amide bonds. The Morgan fingerprint density at radius 3 is 2.38 bits per heavy atom. The van der Waals surface area contributed by atoms with Gasteiger partial charge in [-0.15, -0.1) is 0 Å². The summed E-state index contributed by atoms with van der Waals surface area (Å²) in [5.74, 6) is 2.06. The van der Waals surface area contributed by atoms with E-state index in [1.807, 2.05) is 38.1 Å². The average molecular weight is 395 g/mol. The van der Waals surface area contributed by atoms with Gasteiger partial charge in [0.2, 0.25) is 11.7 Å². The van der Waals surface area contributed by atoms with Gasteiger partial charge in [0.25, 0.3) is 5.91 Å². The minimum Gasteiger partial charge on any atom is -0.497 e. The van der Waals surface area contributed by atoms with Gasteiger partial charge in [0.1, 0.15) is 11.5 Å². The number of methoxy groups -OCH3 is 1. The summed E-state index contributed by atoms with van der Waals surface area (Å²) in [6.45, 7) is 4.13. The third-order valence-electron chi connectivity index (χ3n) is 4.51. The number of hydrogen-bond donors (Lipinski definition) is 0. The number of rotatable bonds is 8. The van der Waals surface area contributed by atoms with Crippen molar-refractivity contribution in [1.29, 1.82) is 0 Å². The zero-order valence-corrected chi connectivity index (χ0v) is 17.1. The highest BCUT2D eigenvalue weighted by atomic mass is 16.5. The molecule has 0 radical (unpaired) electrons. The summed E-state index contributed by atoms with van der Waals surface area (Å²) in [6, 6.07) is 15.0. The Bertz CT molecular complexity index is 935. The van der Waals surface area contributed by atoms with E-state index in [2.05, 4.69) is 10.1 Å². The first kappa shape index (κ1) is 20.4. The molecule has 0 fully saturated rings. The fraction of sp³-hybridized carbons (Fsp3) is 0.318. The Hall–Kier alpha value is -3.35. The molecule has 0 aliphatic heterocycles. The van der Waals surface area contributed by atoms with Crippen molar-refractivity contribution in [1.82, 2.24) is 15.0 Å². The highest BCUT2D eigenvalue weighted by Gasteiger charge is 2.24. The second-order valence-electron chi connectivity index (χ2n) is 6.76. The molecule has 152 valence electrons. The molecule has 0 bridgehead atoms. The van der Waals surface area contributed by atoms with Crippen molar-refractivity contribution in [2.75, 3.05) is 14.2 Å². The number of nitrogens with zero attached hydrogens (tertiary/aromatic N) is 3. The molecule has 0 aliphatic carbocycles. The van der Waals surface area contributed by atoms with Gasteiger partial charge in [-0.05, 0) is 37.6 Å². The number of ether oxygens (including phenoxy) is 2. The SMILES string of the molecule is CCC(Oc1ccc(OC)cc1)C(=O)N(C)Cc1nc(-c2ccc(C)cc2)no1. The number of aromatic nitrogens is 2. The maximum atomic E-state index is 12.8. The Kier molecular flexibility index (Phi) is 6.49. The second kappa shape index (κ2) is 9.23. The van der Waals surface area contributed by atoms with Crippen molar-refractivity contribution < 1.29 is 18.8 Å². The van der Waals surface area contributed by atoms with Crippen LogP contribution in [0.1, 0.15) is 24.8 Å². The van der Waals surface area contributed by atoms with E-state index in [9.17, 15) is 4.79 Å². The zero-order valence-electron chi connectivity index (χ0n) is 17.1. The Labute approximate surface area is 170 Å². The largest absolute Gasteiger partial charge is 0.497 e. The van der Waals surface area contributed by atoms with Crippen LogP contribution in [-0.2, 0) is 11.3 Å². The number of aryl methyl sites for hydroxylation is 1. The van der Waals surface area contributed by atoms with Crippen LogP contribution >= 0.6 is 0 Å². The van der Waals surface area contributed by atoms with Gasteiger partial charge in [-0.25, -0.2) is 0 Å². The molecule has 0 aliphatic rings. The van der Waals surface area contributed by atoms with Gasteiger partial charge in [-0.3, -0.25) is 4.79 Å². The van der Waals surface area contributed by atoms with E-state index < -0.39 is 6.10 Å². The lowest BCUT2D eigenvalue weighted by atomic mass is 10.1. The van der Waals surface area contributed by atoms with Gasteiger partial charge in [-0.1, -0.05) is 41.9 Å². The molecule has 0 saturated carbocycles. The summed E-state index contributed by atoms with van der Waals surface area (Å²) in [5.41, 5.74) is 2.03. The molecule has 0 saturated heterocycles. The van der Waals surface area contributed by atoms with E-state index >= 15 is 0 Å². The molecule has 0 N–H and O–H groups in total. The van der Waals surface area contributed by atoms with Crippen LogP contribution in [0.2, 0.25) is 0 Å². The first-order valence-corrected chi connectivity index (χ1v) is 9.45. The van der Waals surface area contributed by atoms with Crippen molar-refractivity contribution in [2.45, 2.75) is 32.9 Å². The van der Waals surface area contributed by atoms with Crippen LogP contribution in [0.15, 0.2) is 53.1 Å². The van der Waals surface area contributed by atoms with Gasteiger partial charge in [0.15, 0.2) is 6.10 Å². The third kappa shape index (κ3) is 5.13. The van der Waals surface area contributed by atoms with E-state index in [0.717, 1.165) is 16.9 Å². The highest BCUT2D eigenvalue weighted by Crippen LogP contribution is 2.20. The normalized spacial score (nSPS) is 11.7. The minimum atomic E-state index is -0.604. The predicted molar refractivity (Wildman–Crippen MR) is 109 cm³/mol. The van der Waals surface area contributed by atoms with Crippen molar-refractivity contribution in [3.05, 3.63) is 60.0 Å². The first-order chi connectivity index (χ1) is 14.0. The fourth-order valence-corrected chi connectivity index (χ4v) is 2.79. The van der Waals surface area contributed by atoms with Gasteiger partial charge in [0.05, 0.1) is 13.7 Å². The predicted octanol–water partition coefficient (Wildman–Crippen LogP) is 3.87. The Balaban J connectivity index is 1.63. The topological polar surface area (TPSA) is 77.7 Å². The smallest absolute Gasteiger partial charge is 0.263 e. The van der Waals surface area contributed by atoms with Crippen molar-refractivity contribution in [3.8, 4) is 22.9 Å². The van der Waals surface area contributed by atoms with Gasteiger partial charge in [-0.2, -0.15) is 4.98 Å². The number of hydrogen-bond acceptors (Lipinski definition) is 6. The van der Waals surface area contributed by atoms with Crippen LogP contribution in [0, 0.1) is 6.92 Å². The molecule has 1 aromatic heterocycles. The summed E-state index contributed by atoms with van der Waals surface area (Å²) in [6.07, 6.45) is -0.0684. The molecule has 2 aromatic carbocycles. The van der Waals surface area contributed by atoms with Crippen LogP contribution in [0.25, 0.3) is 11.4 Å². The quantitative estimate of drug-likeness (QED) is 0.576. The maximum Gasteiger partial charge on any atom is 0.263 e. The Morgan fingerprint density at radius 1 is 1.10 bits per heavy atom. The van der Waals surface area contributed by atoms with Crippen LogP contribution in [0.5, 0.6) is 11.5 Å². The monoisotopic (exact) mass is 395 g/mol. The standard InChI is InChI=1S/C22H25N3O4/c1-5-19(28-18-12-10-17(27-4)11-13-18)22(26)25(3)14-20-23-21(24-29-20)16-8-6-15(2)7-9-16/h6-13,19H,5,14H2,1-4H3. The first-order valence-electron chi connectivity index (χ1n) is 9.45.